The molecule has 0 aliphatic carbocycles. The summed E-state index contributed by atoms with van der Waals surface area (Å²) >= 11 is 0. The molecule has 0 bridgehead atoms. The predicted octanol–water partition coefficient (Wildman–Crippen LogP) is 1.94. The second-order valence-electron chi connectivity index (χ2n) is 6.42. The summed E-state index contributed by atoms with van der Waals surface area (Å²) in [5.74, 6) is 6.21. The van der Waals surface area contributed by atoms with Gasteiger partial charge in [-0.05, 0) is 42.8 Å². The average Bonchev–Trinajstić information content (AvgIpc) is 2.76. The number of hydrogen-bond acceptors (Lipinski definition) is 8. The Hall–Kier alpha value is -3.92. The number of urea groups is 1. The molecule has 7 N–H and O–H groups in total. The Kier molecular flexibility index (Phi) is 6.95. The number of anilines is 2. The van der Waals surface area contributed by atoms with Gasteiger partial charge in [0.2, 0.25) is 0 Å². The van der Waals surface area contributed by atoms with Crippen molar-refractivity contribution in [3.05, 3.63) is 59.9 Å². The van der Waals surface area contributed by atoms with Crippen LogP contribution in [0.1, 0.15) is 18.2 Å². The third-order valence-corrected chi connectivity index (χ3v) is 4.24. The molecule has 2 heterocycles. The van der Waals surface area contributed by atoms with E-state index in [1.165, 1.54) is 0 Å². The maximum atomic E-state index is 10.6. The molecular formula is C20H24N8O2. The number of hydrazine groups is 1. The number of carbonyl (C=O) groups is 1. The lowest BCUT2D eigenvalue weighted by molar-refractivity contribution is 0.147. The van der Waals surface area contributed by atoms with Crippen molar-refractivity contribution < 1.29 is 9.63 Å². The molecule has 30 heavy (non-hydrogen) atoms. The van der Waals surface area contributed by atoms with E-state index in [0.717, 1.165) is 16.5 Å². The highest BCUT2D eigenvalue weighted by Gasteiger charge is 2.08. The van der Waals surface area contributed by atoms with Crippen LogP contribution in [-0.2, 0) is 11.4 Å². The summed E-state index contributed by atoms with van der Waals surface area (Å²) in [4.78, 5) is 24.7. The van der Waals surface area contributed by atoms with Crippen LogP contribution in [0.5, 0.6) is 0 Å². The maximum absolute atomic E-state index is 10.6. The number of nitrogens with two attached hydrogens (primary N) is 2. The number of carbonyl (C=O) groups excluding carboxylic acids is 1. The van der Waals surface area contributed by atoms with Gasteiger partial charge in [0.05, 0.1) is 23.4 Å². The Balaban J connectivity index is 1.68. The number of benzene rings is 1. The molecule has 2 aromatic heterocycles. The van der Waals surface area contributed by atoms with Gasteiger partial charge in [0.15, 0.2) is 5.82 Å². The van der Waals surface area contributed by atoms with E-state index in [0.29, 0.717) is 29.5 Å². The van der Waals surface area contributed by atoms with E-state index in [4.69, 9.17) is 16.4 Å². The first-order valence-electron chi connectivity index (χ1n) is 9.32. The minimum Gasteiger partial charge on any atom is -0.394 e. The number of nitrogens with one attached hydrogen (secondary N) is 3. The zero-order chi connectivity index (χ0) is 21.3. The summed E-state index contributed by atoms with van der Waals surface area (Å²) in [6.45, 7) is 2.80. The van der Waals surface area contributed by atoms with Crippen LogP contribution in [0.25, 0.3) is 10.9 Å². The van der Waals surface area contributed by atoms with Crippen molar-refractivity contribution >= 4 is 34.2 Å². The van der Waals surface area contributed by atoms with Crippen LogP contribution in [0.2, 0.25) is 0 Å². The number of amides is 2. The van der Waals surface area contributed by atoms with Crippen molar-refractivity contribution in [1.82, 2.24) is 15.3 Å². The fraction of sp³-hybridized carbons (Fsp3) is 0.200. The molecule has 1 aromatic carbocycles. The number of hydrogen-bond donors (Lipinski definition) is 5. The van der Waals surface area contributed by atoms with Crippen molar-refractivity contribution in [2.24, 2.45) is 16.7 Å². The fourth-order valence-corrected chi connectivity index (χ4v) is 2.74. The van der Waals surface area contributed by atoms with Gasteiger partial charge < -0.3 is 26.6 Å². The molecule has 0 saturated heterocycles. The van der Waals surface area contributed by atoms with Crippen LogP contribution >= 0.6 is 0 Å². The molecule has 10 nitrogen and oxygen atoms in total. The van der Waals surface area contributed by atoms with Gasteiger partial charge in [-0.25, -0.2) is 9.78 Å². The van der Waals surface area contributed by atoms with Crippen LogP contribution in [0, 0.1) is 0 Å². The van der Waals surface area contributed by atoms with E-state index in [-0.39, 0.29) is 13.2 Å². The molecule has 0 spiro atoms. The van der Waals surface area contributed by atoms with Gasteiger partial charge in [-0.3, -0.25) is 10.8 Å². The molecule has 0 aliphatic heterocycles. The van der Waals surface area contributed by atoms with Gasteiger partial charge in [-0.1, -0.05) is 17.3 Å². The molecule has 10 heteroatoms. The Morgan fingerprint density at radius 2 is 2.10 bits per heavy atom. The third-order valence-electron chi connectivity index (χ3n) is 4.24. The number of pyridine rings is 2. The number of nitrogen functional groups attached to an aromatic ring is 1. The quantitative estimate of drug-likeness (QED) is 0.157. The summed E-state index contributed by atoms with van der Waals surface area (Å²) in [6, 6.07) is 13.0. The molecule has 2 amide bonds. The van der Waals surface area contributed by atoms with Crippen molar-refractivity contribution in [2.75, 3.05) is 23.9 Å². The van der Waals surface area contributed by atoms with E-state index >= 15 is 0 Å². The summed E-state index contributed by atoms with van der Waals surface area (Å²) in [5, 5.41) is 10.8. The largest absolute Gasteiger partial charge is 0.394 e. The first-order chi connectivity index (χ1) is 14.6. The monoisotopic (exact) mass is 408 g/mol. The molecule has 3 rings (SSSR count). The topological polar surface area (TPSA) is 153 Å². The Morgan fingerprint density at radius 3 is 2.90 bits per heavy atom. The number of nitrogens with zero attached hydrogens (tertiary/aromatic N) is 3. The maximum Gasteiger partial charge on any atom is 0.312 e. The van der Waals surface area contributed by atoms with Gasteiger partial charge >= 0.3 is 6.03 Å². The lowest BCUT2D eigenvalue weighted by Crippen LogP contribution is -2.31. The molecule has 0 radical (unpaired) electrons. The number of primary amides is 1. The van der Waals surface area contributed by atoms with Crippen LogP contribution < -0.4 is 27.6 Å². The zero-order valence-corrected chi connectivity index (χ0v) is 16.6. The smallest absolute Gasteiger partial charge is 0.312 e. The average molecular weight is 408 g/mol. The molecule has 0 atom stereocenters. The van der Waals surface area contributed by atoms with Gasteiger partial charge in [-0.2, -0.15) is 0 Å². The van der Waals surface area contributed by atoms with E-state index < -0.39 is 6.03 Å². The van der Waals surface area contributed by atoms with Gasteiger partial charge in [0.1, 0.15) is 12.3 Å². The Labute approximate surface area is 173 Å². The second kappa shape index (κ2) is 10.0. The van der Waals surface area contributed by atoms with Crippen molar-refractivity contribution in [3.63, 3.8) is 0 Å². The van der Waals surface area contributed by atoms with Crippen molar-refractivity contribution in [3.8, 4) is 0 Å². The van der Waals surface area contributed by atoms with Crippen LogP contribution in [-0.4, -0.2) is 34.9 Å². The van der Waals surface area contributed by atoms with Gasteiger partial charge in [-0.15, -0.1) is 0 Å². The Bertz CT molecular complexity index is 1050. The number of fused-ring (bicyclic) bond motifs is 1. The second-order valence-corrected chi connectivity index (χ2v) is 6.42. The van der Waals surface area contributed by atoms with Crippen LogP contribution in [0.4, 0.5) is 16.3 Å². The molecule has 156 valence electrons. The molecule has 0 unspecified atom stereocenters. The van der Waals surface area contributed by atoms with E-state index in [1.54, 1.807) is 19.2 Å². The molecule has 0 saturated carbocycles. The highest BCUT2D eigenvalue weighted by atomic mass is 16.6. The lowest BCUT2D eigenvalue weighted by Gasteiger charge is -2.13. The third kappa shape index (κ3) is 5.55. The predicted molar refractivity (Wildman–Crippen MR) is 117 cm³/mol. The lowest BCUT2D eigenvalue weighted by atomic mass is 10.1. The Morgan fingerprint density at radius 1 is 1.23 bits per heavy atom. The minimum atomic E-state index is -0.607. The van der Waals surface area contributed by atoms with E-state index in [2.05, 4.69) is 37.2 Å². The van der Waals surface area contributed by atoms with Crippen molar-refractivity contribution in [1.29, 1.82) is 0 Å². The molecule has 0 fully saturated rings. The molecule has 0 aliphatic rings. The number of rotatable bonds is 9. The highest BCUT2D eigenvalue weighted by molar-refractivity contribution is 5.97. The van der Waals surface area contributed by atoms with Gasteiger partial charge in [0.25, 0.3) is 0 Å². The normalized spacial score (nSPS) is 11.2. The minimum absolute atomic E-state index is 0.199. The fourth-order valence-electron chi connectivity index (χ4n) is 2.74. The van der Waals surface area contributed by atoms with Crippen LogP contribution in [0.3, 0.4) is 0 Å². The van der Waals surface area contributed by atoms with Crippen molar-refractivity contribution in [2.45, 2.75) is 13.5 Å². The van der Waals surface area contributed by atoms with E-state index in [1.807, 2.05) is 30.3 Å². The first-order valence-corrected chi connectivity index (χ1v) is 9.32. The number of aromatic nitrogens is 2. The molecule has 3 aromatic rings. The zero-order valence-electron chi connectivity index (χ0n) is 16.6. The first kappa shape index (κ1) is 20.8. The van der Waals surface area contributed by atoms with Gasteiger partial charge in [0, 0.05) is 18.1 Å². The highest BCUT2D eigenvalue weighted by Crippen LogP contribution is 2.21. The standard InChI is InChI=1S/C20H24N8O2/c1-13(28-30-10-9-24-20(21)29)16-6-7-18(27-22)19(26-16)25-12-14-4-5-17-15(11-14)3-2-8-23-17/h2-8,11,27H,9-10,12,22H2,1H3,(H,25,26)(H3,21,24,29). The molecular weight excluding hydrogens is 384 g/mol. The summed E-state index contributed by atoms with van der Waals surface area (Å²) in [7, 11) is 0. The van der Waals surface area contributed by atoms with E-state index in [9.17, 15) is 4.79 Å². The summed E-state index contributed by atoms with van der Waals surface area (Å²) < 4.78 is 0. The number of oxime groups is 1. The SMILES string of the molecule is CC(=NOCCNC(N)=O)c1ccc(NN)c(NCc2ccc3ncccc3c2)n1. The summed E-state index contributed by atoms with van der Waals surface area (Å²) in [6.07, 6.45) is 1.77. The summed E-state index contributed by atoms with van der Waals surface area (Å²) in [5.41, 5.74) is 11.5. The van der Waals surface area contributed by atoms with Crippen LogP contribution in [0.15, 0.2) is 53.8 Å².